The molecule has 0 unspecified atom stereocenters. The number of amides is 1. The average Bonchev–Trinajstić information content (AvgIpc) is 2.44. The number of anilines is 1. The number of rotatable bonds is 4. The molecule has 0 aliphatic heterocycles. The normalized spacial score (nSPS) is 11.9. The second kappa shape index (κ2) is 6.69. The molecule has 0 saturated heterocycles. The van der Waals surface area contributed by atoms with Gasteiger partial charge in [-0.25, -0.2) is 17.9 Å². The monoisotopic (exact) mass is 378 g/mol. The van der Waals surface area contributed by atoms with E-state index < -0.39 is 39.4 Å². The van der Waals surface area contributed by atoms with Crippen LogP contribution in [0.25, 0.3) is 0 Å². The zero-order valence-electron chi connectivity index (χ0n) is 12.2. The summed E-state index contributed by atoms with van der Waals surface area (Å²) in [6.45, 7) is 0. The molecule has 0 saturated carbocycles. The van der Waals surface area contributed by atoms with E-state index in [1.54, 1.807) is 0 Å². The van der Waals surface area contributed by atoms with Crippen molar-refractivity contribution >= 4 is 21.6 Å². The number of primary sulfonamides is 1. The summed E-state index contributed by atoms with van der Waals surface area (Å²) in [7, 11) is -4.01. The third kappa shape index (κ3) is 5.16. The van der Waals surface area contributed by atoms with Gasteiger partial charge in [-0.3, -0.25) is 4.79 Å². The van der Waals surface area contributed by atoms with E-state index in [2.05, 4.69) is 10.1 Å². The van der Waals surface area contributed by atoms with Crippen molar-refractivity contribution in [2.75, 3.05) is 5.32 Å². The third-order valence-corrected chi connectivity index (χ3v) is 3.75. The SMILES string of the molecule is NS(=O)(=O)c1cccc(NC(=O)c2ccc(OC(F)(F)F)cc2F)c1. The molecular weight excluding hydrogens is 368 g/mol. The van der Waals surface area contributed by atoms with Gasteiger partial charge in [0.05, 0.1) is 10.5 Å². The fourth-order valence-corrected chi connectivity index (χ4v) is 2.39. The lowest BCUT2D eigenvalue weighted by atomic mass is 10.2. The van der Waals surface area contributed by atoms with Crippen LogP contribution < -0.4 is 15.2 Å². The smallest absolute Gasteiger partial charge is 0.406 e. The molecule has 2 rings (SSSR count). The summed E-state index contributed by atoms with van der Waals surface area (Å²) in [4.78, 5) is 11.7. The zero-order valence-corrected chi connectivity index (χ0v) is 13.0. The molecular formula is C14H10F4N2O4S. The number of nitrogens with two attached hydrogens (primary N) is 1. The van der Waals surface area contributed by atoms with Gasteiger partial charge in [-0.05, 0) is 30.3 Å². The molecule has 134 valence electrons. The van der Waals surface area contributed by atoms with Crippen LogP contribution in [0.4, 0.5) is 23.2 Å². The van der Waals surface area contributed by atoms with E-state index in [1.807, 2.05) is 0 Å². The fourth-order valence-electron chi connectivity index (χ4n) is 1.83. The first kappa shape index (κ1) is 18.7. The highest BCUT2D eigenvalue weighted by Gasteiger charge is 2.31. The Balaban J connectivity index is 2.22. The topological polar surface area (TPSA) is 98.5 Å². The Morgan fingerprint density at radius 3 is 2.36 bits per heavy atom. The van der Waals surface area contributed by atoms with Crippen LogP contribution in [-0.4, -0.2) is 20.7 Å². The van der Waals surface area contributed by atoms with Crippen LogP contribution in [0, 0.1) is 5.82 Å². The highest BCUT2D eigenvalue weighted by atomic mass is 32.2. The summed E-state index contributed by atoms with van der Waals surface area (Å²) in [6, 6.07) is 6.84. The zero-order chi connectivity index (χ0) is 18.8. The number of benzene rings is 2. The van der Waals surface area contributed by atoms with Crippen molar-refractivity contribution in [3.05, 3.63) is 53.8 Å². The minimum atomic E-state index is -5.00. The van der Waals surface area contributed by atoms with Gasteiger partial charge in [-0.15, -0.1) is 13.2 Å². The molecule has 2 aromatic carbocycles. The van der Waals surface area contributed by atoms with Crippen LogP contribution in [-0.2, 0) is 10.0 Å². The molecule has 11 heteroatoms. The van der Waals surface area contributed by atoms with Gasteiger partial charge in [0.25, 0.3) is 5.91 Å². The van der Waals surface area contributed by atoms with Crippen LogP contribution >= 0.6 is 0 Å². The molecule has 0 radical (unpaired) electrons. The minimum Gasteiger partial charge on any atom is -0.406 e. The molecule has 0 fully saturated rings. The quantitative estimate of drug-likeness (QED) is 0.799. The van der Waals surface area contributed by atoms with Crippen molar-refractivity contribution in [1.29, 1.82) is 0 Å². The van der Waals surface area contributed by atoms with Crippen LogP contribution in [0.15, 0.2) is 47.4 Å². The largest absolute Gasteiger partial charge is 0.573 e. The molecule has 0 aliphatic rings. The number of carbonyl (C=O) groups excluding carboxylic acids is 1. The van der Waals surface area contributed by atoms with Crippen molar-refractivity contribution in [3.63, 3.8) is 0 Å². The second-order valence-corrected chi connectivity index (χ2v) is 6.28. The molecule has 0 atom stereocenters. The van der Waals surface area contributed by atoms with Crippen molar-refractivity contribution in [2.24, 2.45) is 5.14 Å². The van der Waals surface area contributed by atoms with E-state index in [-0.39, 0.29) is 10.6 Å². The van der Waals surface area contributed by atoms with Gasteiger partial charge in [0.2, 0.25) is 10.0 Å². The summed E-state index contributed by atoms with van der Waals surface area (Å²) < 4.78 is 76.1. The maximum atomic E-state index is 13.8. The number of hydrogen-bond acceptors (Lipinski definition) is 4. The Labute approximate surface area is 139 Å². The van der Waals surface area contributed by atoms with E-state index in [4.69, 9.17) is 5.14 Å². The molecule has 0 heterocycles. The third-order valence-electron chi connectivity index (χ3n) is 2.84. The van der Waals surface area contributed by atoms with E-state index >= 15 is 0 Å². The van der Waals surface area contributed by atoms with Crippen LogP contribution in [0.5, 0.6) is 5.75 Å². The molecule has 1 amide bonds. The molecule has 0 aromatic heterocycles. The Hall–Kier alpha value is -2.66. The van der Waals surface area contributed by atoms with E-state index in [0.717, 1.165) is 18.2 Å². The summed E-state index contributed by atoms with van der Waals surface area (Å²) in [5.41, 5.74) is -0.554. The highest BCUT2D eigenvalue weighted by Crippen LogP contribution is 2.25. The summed E-state index contributed by atoms with van der Waals surface area (Å²) >= 11 is 0. The lowest BCUT2D eigenvalue weighted by Gasteiger charge is -2.11. The predicted molar refractivity (Wildman–Crippen MR) is 78.9 cm³/mol. The summed E-state index contributed by atoms with van der Waals surface area (Å²) in [5.74, 6) is -3.07. The van der Waals surface area contributed by atoms with Crippen molar-refractivity contribution < 1.29 is 35.5 Å². The predicted octanol–water partition coefficient (Wildman–Crippen LogP) is 2.62. The maximum absolute atomic E-state index is 13.8. The van der Waals surface area contributed by atoms with Crippen molar-refractivity contribution in [2.45, 2.75) is 11.3 Å². The molecule has 2 aromatic rings. The lowest BCUT2D eigenvalue weighted by Crippen LogP contribution is -2.18. The van der Waals surface area contributed by atoms with Gasteiger partial charge in [0.15, 0.2) is 0 Å². The molecule has 6 nitrogen and oxygen atoms in total. The van der Waals surface area contributed by atoms with E-state index in [9.17, 15) is 30.8 Å². The Morgan fingerprint density at radius 2 is 1.80 bits per heavy atom. The first-order chi connectivity index (χ1) is 11.5. The number of hydrogen-bond donors (Lipinski definition) is 2. The van der Waals surface area contributed by atoms with Gasteiger partial charge >= 0.3 is 6.36 Å². The first-order valence-electron chi connectivity index (χ1n) is 6.45. The molecule has 0 spiro atoms. The van der Waals surface area contributed by atoms with E-state index in [0.29, 0.717) is 6.07 Å². The molecule has 0 aliphatic carbocycles. The molecule has 3 N–H and O–H groups in total. The second-order valence-electron chi connectivity index (χ2n) is 4.72. The average molecular weight is 378 g/mol. The Morgan fingerprint density at radius 1 is 1.12 bits per heavy atom. The number of alkyl halides is 3. The first-order valence-corrected chi connectivity index (χ1v) is 8.00. The van der Waals surface area contributed by atoms with Gasteiger partial charge < -0.3 is 10.1 Å². The number of nitrogens with one attached hydrogen (secondary N) is 1. The fraction of sp³-hybridized carbons (Fsp3) is 0.0714. The number of ether oxygens (including phenoxy) is 1. The lowest BCUT2D eigenvalue weighted by molar-refractivity contribution is -0.274. The summed E-state index contributed by atoms with van der Waals surface area (Å²) in [6.07, 6.45) is -5.00. The van der Waals surface area contributed by atoms with Gasteiger partial charge in [0, 0.05) is 11.8 Å². The highest BCUT2D eigenvalue weighted by molar-refractivity contribution is 7.89. The standard InChI is InChI=1S/C14H10F4N2O4S/c15-12-7-9(24-14(16,17)18)4-5-11(12)13(21)20-8-2-1-3-10(6-8)25(19,22)23/h1-7H,(H,20,21)(H2,19,22,23). The molecule has 0 bridgehead atoms. The summed E-state index contributed by atoms with van der Waals surface area (Å²) in [5, 5.41) is 7.17. The van der Waals surface area contributed by atoms with Crippen molar-refractivity contribution in [1.82, 2.24) is 0 Å². The van der Waals surface area contributed by atoms with Crippen molar-refractivity contribution in [3.8, 4) is 5.75 Å². The van der Waals surface area contributed by atoms with Crippen LogP contribution in [0.3, 0.4) is 0 Å². The van der Waals surface area contributed by atoms with E-state index in [1.165, 1.54) is 18.2 Å². The van der Waals surface area contributed by atoms with Crippen LogP contribution in [0.2, 0.25) is 0 Å². The minimum absolute atomic E-state index is 0.00606. The number of carbonyl (C=O) groups is 1. The number of halogens is 4. The molecule has 25 heavy (non-hydrogen) atoms. The number of sulfonamides is 1. The van der Waals surface area contributed by atoms with Gasteiger partial charge in [-0.2, -0.15) is 0 Å². The van der Waals surface area contributed by atoms with Gasteiger partial charge in [-0.1, -0.05) is 6.07 Å². The maximum Gasteiger partial charge on any atom is 0.573 e. The Bertz CT molecular complexity index is 913. The Kier molecular flexibility index (Phi) is 4.99. The van der Waals surface area contributed by atoms with Crippen LogP contribution in [0.1, 0.15) is 10.4 Å². The van der Waals surface area contributed by atoms with Gasteiger partial charge in [0.1, 0.15) is 11.6 Å².